The third kappa shape index (κ3) is 3.41. The first-order valence-corrected chi connectivity index (χ1v) is 10.7. The third-order valence-corrected chi connectivity index (χ3v) is 7.88. The maximum Gasteiger partial charge on any atom is 0.357 e. The summed E-state index contributed by atoms with van der Waals surface area (Å²) in [5.41, 5.74) is -0.946. The minimum atomic E-state index is -3.67. The molecule has 2 rings (SSSR count). The van der Waals surface area contributed by atoms with Crippen LogP contribution in [0.5, 0.6) is 0 Å². The standard InChI is InChI=1S/C19H29O7P/c1-7-25-27(22,26-8-2)15-11-19(17(20)23-5,18(21)24-6)16-13(4)12(3)9-10-14(15)16/h9-10,12-13,16H,7-8,11H2,1-6H3/t12-,13-,16?/m0/s1. The molecule has 0 aromatic rings. The van der Waals surface area contributed by atoms with E-state index < -0.39 is 30.9 Å². The topological polar surface area (TPSA) is 88.1 Å². The quantitative estimate of drug-likeness (QED) is 0.366. The van der Waals surface area contributed by atoms with Crippen LogP contribution in [0.4, 0.5) is 0 Å². The fraction of sp³-hybridized carbons (Fsp3) is 0.684. The van der Waals surface area contributed by atoms with Gasteiger partial charge in [0, 0.05) is 17.7 Å². The number of methoxy groups -OCH3 is 2. The van der Waals surface area contributed by atoms with Crippen molar-refractivity contribution in [3.63, 3.8) is 0 Å². The first-order valence-electron chi connectivity index (χ1n) is 9.21. The lowest BCUT2D eigenvalue weighted by Crippen LogP contribution is -2.48. The lowest BCUT2D eigenvalue weighted by Gasteiger charge is -2.38. The van der Waals surface area contributed by atoms with Gasteiger partial charge in [-0.2, -0.15) is 0 Å². The number of esters is 2. The van der Waals surface area contributed by atoms with E-state index >= 15 is 0 Å². The molecule has 0 radical (unpaired) electrons. The molecular formula is C19H29O7P. The van der Waals surface area contributed by atoms with Crippen molar-refractivity contribution in [2.24, 2.45) is 23.2 Å². The molecule has 1 unspecified atom stereocenters. The normalized spacial score (nSPS) is 26.7. The molecule has 0 aliphatic heterocycles. The zero-order valence-corrected chi connectivity index (χ0v) is 17.7. The summed E-state index contributed by atoms with van der Waals surface area (Å²) in [7, 11) is -1.19. The Kier molecular flexibility index (Phi) is 6.72. The van der Waals surface area contributed by atoms with Crippen molar-refractivity contribution >= 4 is 19.5 Å². The number of hydrogen-bond donors (Lipinski definition) is 0. The van der Waals surface area contributed by atoms with Gasteiger partial charge in [-0.25, -0.2) is 0 Å². The summed E-state index contributed by atoms with van der Waals surface area (Å²) in [5, 5.41) is 0.363. The Morgan fingerprint density at radius 3 is 2.07 bits per heavy atom. The molecule has 0 spiro atoms. The molecule has 0 aromatic heterocycles. The Bertz CT molecular complexity index is 683. The molecule has 0 fully saturated rings. The summed E-state index contributed by atoms with van der Waals surface area (Å²) in [4.78, 5) is 25.8. The summed E-state index contributed by atoms with van der Waals surface area (Å²) in [6.45, 7) is 7.78. The lowest BCUT2D eigenvalue weighted by molar-refractivity contribution is -0.173. The van der Waals surface area contributed by atoms with Crippen molar-refractivity contribution in [1.29, 1.82) is 0 Å². The van der Waals surface area contributed by atoms with E-state index in [-0.39, 0.29) is 31.5 Å². The number of fused-ring (bicyclic) bond motifs is 1. The van der Waals surface area contributed by atoms with Gasteiger partial charge in [0.05, 0.1) is 27.4 Å². The van der Waals surface area contributed by atoms with Gasteiger partial charge in [-0.1, -0.05) is 26.0 Å². The Balaban J connectivity index is 2.75. The highest BCUT2D eigenvalue weighted by Gasteiger charge is 2.64. The number of carbonyl (C=O) groups is 2. The number of allylic oxidation sites excluding steroid dienone is 4. The van der Waals surface area contributed by atoms with Gasteiger partial charge in [0.1, 0.15) is 0 Å². The zero-order chi connectivity index (χ0) is 20.4. The summed E-state index contributed by atoms with van der Waals surface area (Å²) >= 11 is 0. The van der Waals surface area contributed by atoms with Crippen molar-refractivity contribution in [3.05, 3.63) is 23.0 Å². The van der Waals surface area contributed by atoms with Crippen molar-refractivity contribution in [3.8, 4) is 0 Å². The molecule has 0 bridgehead atoms. The van der Waals surface area contributed by atoms with Gasteiger partial charge in [-0.05, 0) is 31.3 Å². The highest BCUT2D eigenvalue weighted by atomic mass is 31.2. The van der Waals surface area contributed by atoms with Gasteiger partial charge in [0.15, 0.2) is 5.41 Å². The molecule has 152 valence electrons. The van der Waals surface area contributed by atoms with Crippen LogP contribution in [0.1, 0.15) is 34.1 Å². The minimum absolute atomic E-state index is 0.0718. The lowest BCUT2D eigenvalue weighted by atomic mass is 9.64. The molecular weight excluding hydrogens is 371 g/mol. The zero-order valence-electron chi connectivity index (χ0n) is 16.8. The molecule has 0 heterocycles. The number of carbonyl (C=O) groups excluding carboxylic acids is 2. The molecule has 0 saturated carbocycles. The second kappa shape index (κ2) is 8.29. The fourth-order valence-corrected chi connectivity index (χ4v) is 6.26. The van der Waals surface area contributed by atoms with Crippen LogP contribution in [-0.2, 0) is 32.7 Å². The van der Waals surface area contributed by atoms with Gasteiger partial charge in [0.25, 0.3) is 0 Å². The summed E-state index contributed by atoms with van der Waals surface area (Å²) < 4.78 is 34.6. The largest absolute Gasteiger partial charge is 0.468 e. The van der Waals surface area contributed by atoms with Crippen molar-refractivity contribution in [1.82, 2.24) is 0 Å². The van der Waals surface area contributed by atoms with Crippen molar-refractivity contribution in [2.75, 3.05) is 27.4 Å². The first-order chi connectivity index (χ1) is 12.7. The monoisotopic (exact) mass is 400 g/mol. The summed E-state index contributed by atoms with van der Waals surface area (Å²) in [5.74, 6) is -1.87. The van der Waals surface area contributed by atoms with Crippen molar-refractivity contribution in [2.45, 2.75) is 34.1 Å². The van der Waals surface area contributed by atoms with E-state index in [4.69, 9.17) is 18.5 Å². The van der Waals surface area contributed by atoms with E-state index in [1.165, 1.54) is 14.2 Å². The number of ether oxygens (including phenoxy) is 2. The summed E-state index contributed by atoms with van der Waals surface area (Å²) in [6, 6.07) is 0. The molecule has 0 N–H and O–H groups in total. The molecule has 0 saturated heterocycles. The Morgan fingerprint density at radius 2 is 1.63 bits per heavy atom. The SMILES string of the molecule is CCOP(=O)(OCC)C1=C2C=C[C@H](C)[C@H](C)C2C(C(=O)OC)(C(=O)OC)C1. The predicted molar refractivity (Wildman–Crippen MR) is 99.9 cm³/mol. The highest BCUT2D eigenvalue weighted by molar-refractivity contribution is 7.58. The number of rotatable bonds is 7. The molecule has 2 aliphatic carbocycles. The van der Waals surface area contributed by atoms with Gasteiger partial charge < -0.3 is 18.5 Å². The van der Waals surface area contributed by atoms with Gasteiger partial charge in [-0.15, -0.1) is 0 Å². The van der Waals surface area contributed by atoms with Gasteiger partial charge in [0.2, 0.25) is 0 Å². The van der Waals surface area contributed by atoms with E-state index in [1.54, 1.807) is 13.8 Å². The average molecular weight is 400 g/mol. The first kappa shape index (κ1) is 21.9. The third-order valence-electron chi connectivity index (χ3n) is 5.61. The molecule has 7 nitrogen and oxygen atoms in total. The van der Waals surface area contributed by atoms with Gasteiger partial charge >= 0.3 is 19.5 Å². The highest BCUT2D eigenvalue weighted by Crippen LogP contribution is 2.68. The predicted octanol–water partition coefficient (Wildman–Crippen LogP) is 3.70. The molecule has 3 atom stereocenters. The van der Waals surface area contributed by atoms with Crippen LogP contribution < -0.4 is 0 Å². The molecule has 27 heavy (non-hydrogen) atoms. The minimum Gasteiger partial charge on any atom is -0.468 e. The average Bonchev–Trinajstić information content (AvgIpc) is 3.01. The Hall–Kier alpha value is -1.43. The maximum absolute atomic E-state index is 13.5. The molecule has 0 aromatic carbocycles. The van der Waals surface area contributed by atoms with Gasteiger partial charge in [-0.3, -0.25) is 14.2 Å². The number of hydrogen-bond acceptors (Lipinski definition) is 7. The van der Waals surface area contributed by atoms with E-state index in [0.717, 1.165) is 0 Å². The Labute approximate surface area is 160 Å². The van der Waals surface area contributed by atoms with E-state index in [2.05, 4.69) is 0 Å². The summed E-state index contributed by atoms with van der Waals surface area (Å²) in [6.07, 6.45) is 3.72. The second-order valence-electron chi connectivity index (χ2n) is 6.92. The maximum atomic E-state index is 13.5. The van der Waals surface area contributed by atoms with E-state index in [0.29, 0.717) is 10.9 Å². The van der Waals surface area contributed by atoms with E-state index in [1.807, 2.05) is 26.0 Å². The molecule has 0 amide bonds. The van der Waals surface area contributed by atoms with Crippen molar-refractivity contribution < 1.29 is 32.7 Å². The smallest absolute Gasteiger partial charge is 0.357 e. The molecule has 2 aliphatic rings. The van der Waals surface area contributed by atoms with Crippen LogP contribution >= 0.6 is 7.60 Å². The van der Waals surface area contributed by atoms with Crippen LogP contribution in [0.2, 0.25) is 0 Å². The van der Waals surface area contributed by atoms with Crippen LogP contribution in [-0.4, -0.2) is 39.4 Å². The van der Waals surface area contributed by atoms with Crippen LogP contribution in [0.3, 0.4) is 0 Å². The van der Waals surface area contributed by atoms with Crippen LogP contribution in [0.15, 0.2) is 23.0 Å². The fourth-order valence-electron chi connectivity index (χ4n) is 4.22. The van der Waals surface area contributed by atoms with Crippen LogP contribution in [0.25, 0.3) is 0 Å². The Morgan fingerprint density at radius 1 is 1.11 bits per heavy atom. The second-order valence-corrected chi connectivity index (χ2v) is 8.97. The van der Waals surface area contributed by atoms with E-state index in [9.17, 15) is 14.2 Å². The molecule has 8 heteroatoms. The van der Waals surface area contributed by atoms with Crippen LogP contribution in [0, 0.1) is 23.2 Å².